The van der Waals surface area contributed by atoms with Crippen molar-refractivity contribution in [3.63, 3.8) is 0 Å². The highest BCUT2D eigenvalue weighted by Crippen LogP contribution is 2.09. The molecular weight excluding hydrogens is 136 g/mol. The number of hydrogen-bond donors (Lipinski definition) is 1. The molecule has 1 N–H and O–H groups in total. The molecule has 11 heavy (non-hydrogen) atoms. The third kappa shape index (κ3) is 1.97. The van der Waals surface area contributed by atoms with Crippen molar-refractivity contribution in [3.8, 4) is 0 Å². The van der Waals surface area contributed by atoms with Crippen molar-refractivity contribution in [2.75, 3.05) is 0 Å². The van der Waals surface area contributed by atoms with Gasteiger partial charge in [0.1, 0.15) is 5.76 Å². The van der Waals surface area contributed by atoms with E-state index in [1.165, 1.54) is 0 Å². The summed E-state index contributed by atoms with van der Waals surface area (Å²) in [5.41, 5.74) is 0.812. The maximum atomic E-state index is 9.31. The third-order valence-corrected chi connectivity index (χ3v) is 1.35. The van der Waals surface area contributed by atoms with E-state index in [9.17, 15) is 5.11 Å². The molecular formula is C10H10O. The van der Waals surface area contributed by atoms with Crippen LogP contribution in [0.3, 0.4) is 0 Å². The minimum Gasteiger partial charge on any atom is -0.507 e. The van der Waals surface area contributed by atoms with Gasteiger partial charge in [-0.2, -0.15) is 0 Å². The van der Waals surface area contributed by atoms with Crippen molar-refractivity contribution >= 4 is 5.76 Å². The van der Waals surface area contributed by atoms with E-state index in [-0.39, 0.29) is 5.76 Å². The molecule has 56 valence electrons. The summed E-state index contributed by atoms with van der Waals surface area (Å²) in [5, 5.41) is 9.31. The van der Waals surface area contributed by atoms with Gasteiger partial charge in [-0.1, -0.05) is 43.0 Å². The Labute approximate surface area is 66.3 Å². The number of hydrogen-bond acceptors (Lipinski definition) is 1. The van der Waals surface area contributed by atoms with Crippen molar-refractivity contribution in [3.05, 3.63) is 54.6 Å². The van der Waals surface area contributed by atoms with E-state index in [2.05, 4.69) is 6.58 Å². The second-order valence-electron chi connectivity index (χ2n) is 2.15. The van der Waals surface area contributed by atoms with Crippen molar-refractivity contribution in [2.24, 2.45) is 0 Å². The summed E-state index contributed by atoms with van der Waals surface area (Å²) in [4.78, 5) is 0. The van der Waals surface area contributed by atoms with Gasteiger partial charge in [-0.05, 0) is 6.08 Å². The second-order valence-corrected chi connectivity index (χ2v) is 2.15. The highest BCUT2D eigenvalue weighted by atomic mass is 16.3. The smallest absolute Gasteiger partial charge is 0.122 e. The quantitative estimate of drug-likeness (QED) is 0.502. The molecule has 1 aromatic carbocycles. The fraction of sp³-hybridized carbons (Fsp3) is 0. The molecule has 0 saturated heterocycles. The fourth-order valence-electron chi connectivity index (χ4n) is 0.817. The van der Waals surface area contributed by atoms with E-state index in [4.69, 9.17) is 0 Å². The number of rotatable bonds is 2. The van der Waals surface area contributed by atoms with Crippen LogP contribution in [0, 0.1) is 0 Å². The molecule has 0 aliphatic carbocycles. The lowest BCUT2D eigenvalue weighted by atomic mass is 10.2. The molecule has 0 bridgehead atoms. The van der Waals surface area contributed by atoms with Crippen molar-refractivity contribution < 1.29 is 5.11 Å². The molecule has 0 aromatic heterocycles. The Morgan fingerprint density at radius 2 is 1.91 bits per heavy atom. The highest BCUT2D eigenvalue weighted by molar-refractivity contribution is 5.59. The maximum Gasteiger partial charge on any atom is 0.122 e. The van der Waals surface area contributed by atoms with Crippen LogP contribution in [0.25, 0.3) is 5.76 Å². The highest BCUT2D eigenvalue weighted by Gasteiger charge is 1.92. The summed E-state index contributed by atoms with van der Waals surface area (Å²) in [6.07, 6.45) is 3.12. The van der Waals surface area contributed by atoms with E-state index in [0.29, 0.717) is 0 Å². The second kappa shape index (κ2) is 3.62. The van der Waals surface area contributed by atoms with Crippen LogP contribution in [0.5, 0.6) is 0 Å². The average Bonchev–Trinajstić information content (AvgIpc) is 2.07. The SMILES string of the molecule is C=C/C=C(/O)c1ccccc1. The Hall–Kier alpha value is -1.50. The summed E-state index contributed by atoms with van der Waals surface area (Å²) < 4.78 is 0. The molecule has 0 atom stereocenters. The van der Waals surface area contributed by atoms with Crippen LogP contribution in [-0.2, 0) is 0 Å². The lowest BCUT2D eigenvalue weighted by Crippen LogP contribution is -1.79. The van der Waals surface area contributed by atoms with Crippen molar-refractivity contribution in [1.29, 1.82) is 0 Å². The first-order chi connectivity index (χ1) is 5.34. The Kier molecular flexibility index (Phi) is 2.50. The van der Waals surface area contributed by atoms with E-state index in [0.717, 1.165) is 5.56 Å². The summed E-state index contributed by atoms with van der Waals surface area (Å²) in [6.45, 7) is 3.49. The van der Waals surface area contributed by atoms with Crippen LogP contribution in [-0.4, -0.2) is 5.11 Å². The molecule has 0 heterocycles. The van der Waals surface area contributed by atoms with E-state index < -0.39 is 0 Å². The largest absolute Gasteiger partial charge is 0.507 e. The topological polar surface area (TPSA) is 20.2 Å². The van der Waals surface area contributed by atoms with Gasteiger partial charge in [0.25, 0.3) is 0 Å². The third-order valence-electron chi connectivity index (χ3n) is 1.35. The summed E-state index contributed by atoms with van der Waals surface area (Å²) >= 11 is 0. The fourth-order valence-corrected chi connectivity index (χ4v) is 0.817. The Bertz CT molecular complexity index is 259. The molecule has 0 unspecified atom stereocenters. The Morgan fingerprint density at radius 3 is 2.45 bits per heavy atom. The zero-order valence-corrected chi connectivity index (χ0v) is 6.20. The van der Waals surface area contributed by atoms with Gasteiger partial charge >= 0.3 is 0 Å². The number of benzene rings is 1. The number of allylic oxidation sites excluding steroid dienone is 2. The van der Waals surface area contributed by atoms with Gasteiger partial charge in [0.05, 0.1) is 0 Å². The molecule has 0 spiro atoms. The van der Waals surface area contributed by atoms with Gasteiger partial charge in [-0.15, -0.1) is 0 Å². The minimum absolute atomic E-state index is 0.251. The molecule has 0 aliphatic rings. The molecule has 1 aromatic rings. The maximum absolute atomic E-state index is 9.31. The van der Waals surface area contributed by atoms with Gasteiger partial charge in [0.15, 0.2) is 0 Å². The molecule has 0 saturated carbocycles. The van der Waals surface area contributed by atoms with Crippen LogP contribution in [0.4, 0.5) is 0 Å². The van der Waals surface area contributed by atoms with Gasteiger partial charge in [0.2, 0.25) is 0 Å². The van der Waals surface area contributed by atoms with Gasteiger partial charge in [-0.3, -0.25) is 0 Å². The van der Waals surface area contributed by atoms with Crippen molar-refractivity contribution in [2.45, 2.75) is 0 Å². The standard InChI is InChI=1S/C10H10O/c1-2-6-10(11)9-7-4-3-5-8-9/h2-8,11H,1H2/b10-6+. The number of aliphatic hydroxyl groups is 1. The first-order valence-corrected chi connectivity index (χ1v) is 3.41. The predicted octanol–water partition coefficient (Wildman–Crippen LogP) is 2.77. The summed E-state index contributed by atoms with van der Waals surface area (Å²) in [6, 6.07) is 9.35. The van der Waals surface area contributed by atoms with Gasteiger partial charge in [0, 0.05) is 5.56 Å². The lowest BCUT2D eigenvalue weighted by molar-refractivity contribution is 0.512. The van der Waals surface area contributed by atoms with Crippen LogP contribution in [0.2, 0.25) is 0 Å². The summed E-state index contributed by atoms with van der Waals surface area (Å²) in [5.74, 6) is 0.251. The first kappa shape index (κ1) is 7.61. The lowest BCUT2D eigenvalue weighted by Gasteiger charge is -1.96. The molecule has 0 radical (unpaired) electrons. The normalized spacial score (nSPS) is 11.1. The molecule has 0 amide bonds. The van der Waals surface area contributed by atoms with E-state index in [1.54, 1.807) is 12.2 Å². The van der Waals surface area contributed by atoms with Crippen LogP contribution in [0.1, 0.15) is 5.56 Å². The average molecular weight is 146 g/mol. The molecule has 1 rings (SSSR count). The predicted molar refractivity (Wildman–Crippen MR) is 47.2 cm³/mol. The van der Waals surface area contributed by atoms with Crippen LogP contribution < -0.4 is 0 Å². The first-order valence-electron chi connectivity index (χ1n) is 3.41. The molecule has 1 heteroatoms. The van der Waals surface area contributed by atoms with Crippen LogP contribution in [0.15, 0.2) is 49.1 Å². The monoisotopic (exact) mass is 146 g/mol. The van der Waals surface area contributed by atoms with Gasteiger partial charge < -0.3 is 5.11 Å². The van der Waals surface area contributed by atoms with E-state index >= 15 is 0 Å². The Morgan fingerprint density at radius 1 is 1.27 bits per heavy atom. The molecule has 1 nitrogen and oxygen atoms in total. The zero-order chi connectivity index (χ0) is 8.10. The number of aliphatic hydroxyl groups excluding tert-OH is 1. The zero-order valence-electron chi connectivity index (χ0n) is 6.20. The minimum atomic E-state index is 0.251. The molecule has 0 fully saturated rings. The van der Waals surface area contributed by atoms with Crippen LogP contribution >= 0.6 is 0 Å². The summed E-state index contributed by atoms with van der Waals surface area (Å²) in [7, 11) is 0. The van der Waals surface area contributed by atoms with E-state index in [1.807, 2.05) is 30.3 Å². The Balaban J connectivity index is 2.94. The molecule has 0 aliphatic heterocycles. The van der Waals surface area contributed by atoms with Crippen molar-refractivity contribution in [1.82, 2.24) is 0 Å². The van der Waals surface area contributed by atoms with Gasteiger partial charge in [-0.25, -0.2) is 0 Å².